The molecule has 2 rings (SSSR count). The van der Waals surface area contributed by atoms with E-state index in [1.807, 2.05) is 26.0 Å². The van der Waals surface area contributed by atoms with Crippen LogP contribution < -0.4 is 10.1 Å². The molecule has 0 aromatic heterocycles. The van der Waals surface area contributed by atoms with Crippen LogP contribution >= 0.6 is 0 Å². The maximum atomic E-state index is 12.0. The molecule has 1 aliphatic rings. The molecule has 0 heterocycles. The van der Waals surface area contributed by atoms with Gasteiger partial charge in [-0.2, -0.15) is 0 Å². The molecule has 0 saturated carbocycles. The lowest BCUT2D eigenvalue weighted by molar-refractivity contribution is -0.127. The van der Waals surface area contributed by atoms with Gasteiger partial charge in [0.1, 0.15) is 5.75 Å². The summed E-state index contributed by atoms with van der Waals surface area (Å²) in [5.41, 5.74) is 1.66. The summed E-state index contributed by atoms with van der Waals surface area (Å²) >= 11 is 0. The number of hydrogen-bond acceptors (Lipinski definition) is 3. The number of Topliss-reactive ketones (excluding diaryl/α,β-unsaturated/α-hetero) is 1. The van der Waals surface area contributed by atoms with Gasteiger partial charge in [-0.15, -0.1) is 0 Å². The highest BCUT2D eigenvalue weighted by Gasteiger charge is 2.24. The summed E-state index contributed by atoms with van der Waals surface area (Å²) < 4.78 is 5.75. The molecule has 20 heavy (non-hydrogen) atoms. The number of amides is 1. The maximum absolute atomic E-state index is 12.0. The molecule has 4 heteroatoms. The molecule has 1 N–H and O–H groups in total. The first-order valence-corrected chi connectivity index (χ1v) is 7.15. The van der Waals surface area contributed by atoms with E-state index in [0.717, 1.165) is 17.5 Å². The van der Waals surface area contributed by atoms with Gasteiger partial charge >= 0.3 is 0 Å². The number of carbonyl (C=O) groups is 2. The van der Waals surface area contributed by atoms with Crippen molar-refractivity contribution in [3.63, 3.8) is 0 Å². The fourth-order valence-electron chi connectivity index (χ4n) is 2.27. The van der Waals surface area contributed by atoms with Crippen molar-refractivity contribution in [1.29, 1.82) is 0 Å². The van der Waals surface area contributed by atoms with Crippen molar-refractivity contribution in [3.05, 3.63) is 29.3 Å². The molecule has 4 nitrogen and oxygen atoms in total. The largest absolute Gasteiger partial charge is 0.481 e. The van der Waals surface area contributed by atoms with Crippen LogP contribution in [0.2, 0.25) is 0 Å². The summed E-state index contributed by atoms with van der Waals surface area (Å²) in [6.45, 7) is 5.71. The van der Waals surface area contributed by atoms with Crippen molar-refractivity contribution in [2.24, 2.45) is 0 Å². The second-order valence-corrected chi connectivity index (χ2v) is 5.28. The number of benzene rings is 1. The Balaban J connectivity index is 2.07. The number of rotatable bonds is 5. The second-order valence-electron chi connectivity index (χ2n) is 5.28. The van der Waals surface area contributed by atoms with Gasteiger partial charge in [-0.3, -0.25) is 9.59 Å². The van der Waals surface area contributed by atoms with Gasteiger partial charge < -0.3 is 10.1 Å². The van der Waals surface area contributed by atoms with Crippen LogP contribution in [0.15, 0.2) is 18.2 Å². The highest BCUT2D eigenvalue weighted by atomic mass is 16.5. The Labute approximate surface area is 119 Å². The molecule has 108 valence electrons. The van der Waals surface area contributed by atoms with E-state index in [1.54, 1.807) is 13.0 Å². The summed E-state index contributed by atoms with van der Waals surface area (Å²) in [6.07, 6.45) is 1.55. The third kappa shape index (κ3) is 3.00. The first-order chi connectivity index (χ1) is 9.52. The minimum absolute atomic E-state index is 0.124. The first-order valence-electron chi connectivity index (χ1n) is 7.15. The van der Waals surface area contributed by atoms with Gasteiger partial charge in [-0.1, -0.05) is 19.1 Å². The molecule has 1 aromatic carbocycles. The Morgan fingerprint density at radius 2 is 2.10 bits per heavy atom. The predicted octanol–water partition coefficient (Wildman–Crippen LogP) is 2.50. The van der Waals surface area contributed by atoms with Crippen molar-refractivity contribution in [2.45, 2.75) is 52.2 Å². The van der Waals surface area contributed by atoms with E-state index in [1.165, 1.54) is 0 Å². The minimum atomic E-state index is -0.564. The lowest BCUT2D eigenvalue weighted by Gasteiger charge is -2.19. The van der Waals surface area contributed by atoms with Crippen molar-refractivity contribution >= 4 is 11.7 Å². The van der Waals surface area contributed by atoms with Gasteiger partial charge in [0, 0.05) is 23.6 Å². The average Bonchev–Trinajstić information content (AvgIpc) is 2.81. The molecule has 1 aliphatic carbocycles. The quantitative estimate of drug-likeness (QED) is 0.898. The van der Waals surface area contributed by atoms with E-state index in [2.05, 4.69) is 5.32 Å². The monoisotopic (exact) mass is 275 g/mol. The van der Waals surface area contributed by atoms with Crippen molar-refractivity contribution < 1.29 is 14.3 Å². The molecule has 0 saturated heterocycles. The second kappa shape index (κ2) is 6.07. The molecule has 1 amide bonds. The van der Waals surface area contributed by atoms with E-state index >= 15 is 0 Å². The lowest BCUT2D eigenvalue weighted by atomic mass is 10.1. The van der Waals surface area contributed by atoms with Gasteiger partial charge in [-0.05, 0) is 32.8 Å². The summed E-state index contributed by atoms with van der Waals surface area (Å²) in [5, 5.41) is 2.90. The Morgan fingerprint density at radius 3 is 2.80 bits per heavy atom. The maximum Gasteiger partial charge on any atom is 0.260 e. The molecule has 0 bridgehead atoms. The Bertz CT molecular complexity index is 524. The molecular weight excluding hydrogens is 254 g/mol. The van der Waals surface area contributed by atoms with E-state index < -0.39 is 6.10 Å². The number of nitrogens with one attached hydrogen (secondary N) is 1. The summed E-state index contributed by atoms with van der Waals surface area (Å²) in [4.78, 5) is 23.7. The number of hydrogen-bond donors (Lipinski definition) is 1. The zero-order valence-corrected chi connectivity index (χ0v) is 12.2. The molecule has 0 fully saturated rings. The van der Waals surface area contributed by atoms with E-state index in [-0.39, 0.29) is 17.7 Å². The molecular formula is C16H21NO3. The number of carbonyl (C=O) groups excluding carboxylic acids is 2. The fourth-order valence-corrected chi connectivity index (χ4v) is 2.27. The topological polar surface area (TPSA) is 55.4 Å². The molecule has 0 aliphatic heterocycles. The third-order valence-corrected chi connectivity index (χ3v) is 3.71. The van der Waals surface area contributed by atoms with Crippen LogP contribution in [0.4, 0.5) is 0 Å². The highest BCUT2D eigenvalue weighted by molar-refractivity contribution is 6.01. The molecule has 2 unspecified atom stereocenters. The average molecular weight is 275 g/mol. The summed E-state index contributed by atoms with van der Waals surface area (Å²) in [7, 11) is 0. The van der Waals surface area contributed by atoms with E-state index in [0.29, 0.717) is 18.6 Å². The molecule has 1 aromatic rings. The van der Waals surface area contributed by atoms with Gasteiger partial charge in [0.15, 0.2) is 11.9 Å². The van der Waals surface area contributed by atoms with Crippen LogP contribution in [0, 0.1) is 0 Å². The standard InChI is InChI=1S/C16H21NO3/c1-4-10(2)17-16(19)11(3)20-15-7-5-6-12-13(15)8-9-14(12)18/h5-7,10-11H,4,8-9H2,1-3H3,(H,17,19). The Hall–Kier alpha value is -1.84. The van der Waals surface area contributed by atoms with Gasteiger partial charge in [0.05, 0.1) is 0 Å². The van der Waals surface area contributed by atoms with E-state index in [4.69, 9.17) is 4.74 Å². The Morgan fingerprint density at radius 1 is 1.35 bits per heavy atom. The van der Waals surface area contributed by atoms with Crippen LogP contribution in [0.1, 0.15) is 49.5 Å². The molecule has 0 radical (unpaired) electrons. The number of ether oxygens (including phenoxy) is 1. The normalized spacial score (nSPS) is 16.4. The van der Waals surface area contributed by atoms with Crippen LogP contribution in [0.3, 0.4) is 0 Å². The van der Waals surface area contributed by atoms with Gasteiger partial charge in [-0.25, -0.2) is 0 Å². The smallest absolute Gasteiger partial charge is 0.260 e. The van der Waals surface area contributed by atoms with E-state index in [9.17, 15) is 9.59 Å². The minimum Gasteiger partial charge on any atom is -0.481 e. The summed E-state index contributed by atoms with van der Waals surface area (Å²) in [5.74, 6) is 0.684. The summed E-state index contributed by atoms with van der Waals surface area (Å²) in [6, 6.07) is 5.58. The third-order valence-electron chi connectivity index (χ3n) is 3.71. The SMILES string of the molecule is CCC(C)NC(=O)C(C)Oc1cccc2c1CCC2=O. The molecule has 0 spiro atoms. The lowest BCUT2D eigenvalue weighted by Crippen LogP contribution is -2.41. The van der Waals surface area contributed by atoms with Crippen LogP contribution in [0.5, 0.6) is 5.75 Å². The van der Waals surface area contributed by atoms with Crippen LogP contribution in [0.25, 0.3) is 0 Å². The zero-order valence-electron chi connectivity index (χ0n) is 12.2. The van der Waals surface area contributed by atoms with Crippen LogP contribution in [-0.4, -0.2) is 23.8 Å². The first kappa shape index (κ1) is 14.6. The number of fused-ring (bicyclic) bond motifs is 1. The number of ketones is 1. The van der Waals surface area contributed by atoms with Gasteiger partial charge in [0.25, 0.3) is 5.91 Å². The molecule has 2 atom stereocenters. The zero-order chi connectivity index (χ0) is 14.7. The predicted molar refractivity (Wildman–Crippen MR) is 77.1 cm³/mol. The fraction of sp³-hybridized carbons (Fsp3) is 0.500. The van der Waals surface area contributed by atoms with Crippen molar-refractivity contribution in [3.8, 4) is 5.75 Å². The van der Waals surface area contributed by atoms with Gasteiger partial charge in [0.2, 0.25) is 0 Å². The van der Waals surface area contributed by atoms with Crippen molar-refractivity contribution in [1.82, 2.24) is 5.32 Å². The van der Waals surface area contributed by atoms with Crippen LogP contribution in [-0.2, 0) is 11.2 Å². The van der Waals surface area contributed by atoms with Crippen molar-refractivity contribution in [2.75, 3.05) is 0 Å². The Kier molecular flexibility index (Phi) is 4.42. The highest BCUT2D eigenvalue weighted by Crippen LogP contribution is 2.31.